The monoisotopic (exact) mass is 359 g/mol. The molecule has 0 radical (unpaired) electrons. The van der Waals surface area contributed by atoms with E-state index in [0.29, 0.717) is 23.2 Å². The first kappa shape index (κ1) is 17.6. The van der Waals surface area contributed by atoms with Crippen LogP contribution in [0.3, 0.4) is 0 Å². The first-order valence-electron chi connectivity index (χ1n) is 8.22. The largest absolute Gasteiger partial charge is 0.493 e. The molecule has 2 aromatic rings. The van der Waals surface area contributed by atoms with E-state index in [2.05, 4.69) is 10.3 Å². The first-order chi connectivity index (χ1) is 12.0. The molecule has 2 aromatic carbocycles. The van der Waals surface area contributed by atoms with Gasteiger partial charge in [0.1, 0.15) is 11.4 Å². The van der Waals surface area contributed by atoms with Crippen LogP contribution >= 0.6 is 11.6 Å². The molecule has 0 amide bonds. The standard InChI is InChI=1S/C19H22ClN3O2/c1-19(24,13-5-4-6-14(20)11-13)12-22-18(21)23-16-9-10-25-17-8-3-2-7-15(16)17/h2-8,11,16,24H,9-10,12H2,1H3,(H3,21,22,23). The van der Waals surface area contributed by atoms with E-state index < -0.39 is 5.60 Å². The van der Waals surface area contributed by atoms with Crippen LogP contribution in [0.25, 0.3) is 0 Å². The molecule has 6 heteroatoms. The molecule has 0 bridgehead atoms. The van der Waals surface area contributed by atoms with Gasteiger partial charge in [0, 0.05) is 17.0 Å². The van der Waals surface area contributed by atoms with E-state index in [1.807, 2.05) is 30.3 Å². The van der Waals surface area contributed by atoms with Crippen molar-refractivity contribution in [1.82, 2.24) is 5.32 Å². The number of hydrogen-bond acceptors (Lipinski definition) is 3. The number of rotatable bonds is 4. The number of hydrogen-bond donors (Lipinski definition) is 3. The molecule has 0 saturated heterocycles. The van der Waals surface area contributed by atoms with Gasteiger partial charge in [-0.05, 0) is 30.7 Å². The van der Waals surface area contributed by atoms with Crippen LogP contribution in [-0.4, -0.2) is 24.2 Å². The van der Waals surface area contributed by atoms with E-state index >= 15 is 0 Å². The number of guanidine groups is 1. The summed E-state index contributed by atoms with van der Waals surface area (Å²) >= 11 is 5.99. The Morgan fingerprint density at radius 3 is 2.96 bits per heavy atom. The van der Waals surface area contributed by atoms with Crippen molar-refractivity contribution in [2.75, 3.05) is 13.2 Å². The van der Waals surface area contributed by atoms with Gasteiger partial charge in [0.2, 0.25) is 0 Å². The van der Waals surface area contributed by atoms with Gasteiger partial charge in [0.25, 0.3) is 0 Å². The molecule has 1 aliphatic rings. The van der Waals surface area contributed by atoms with Crippen molar-refractivity contribution in [2.24, 2.45) is 10.7 Å². The number of nitrogens with zero attached hydrogens (tertiary/aromatic N) is 1. The van der Waals surface area contributed by atoms with Gasteiger partial charge in [-0.1, -0.05) is 41.9 Å². The lowest BCUT2D eigenvalue weighted by atomic mass is 9.96. The molecule has 1 aliphatic heterocycles. The average molecular weight is 360 g/mol. The van der Waals surface area contributed by atoms with Gasteiger partial charge in [-0.25, -0.2) is 0 Å². The van der Waals surface area contributed by atoms with E-state index in [4.69, 9.17) is 22.1 Å². The third-order valence-electron chi connectivity index (χ3n) is 4.28. The maximum Gasteiger partial charge on any atom is 0.189 e. The second-order valence-electron chi connectivity index (χ2n) is 6.36. The highest BCUT2D eigenvalue weighted by Gasteiger charge is 2.24. The maximum absolute atomic E-state index is 10.7. The normalized spacial score (nSPS) is 19.5. The maximum atomic E-state index is 10.7. The zero-order valence-corrected chi connectivity index (χ0v) is 14.8. The van der Waals surface area contributed by atoms with Crippen LogP contribution in [0.2, 0.25) is 5.02 Å². The number of benzene rings is 2. The molecule has 2 unspecified atom stereocenters. The highest BCUT2D eigenvalue weighted by Crippen LogP contribution is 2.31. The number of aliphatic imine (C=N–C) groups is 1. The Bertz CT molecular complexity index is 777. The van der Waals surface area contributed by atoms with Gasteiger partial charge in [-0.3, -0.25) is 4.99 Å². The topological polar surface area (TPSA) is 79.9 Å². The van der Waals surface area contributed by atoms with Crippen molar-refractivity contribution in [1.29, 1.82) is 0 Å². The van der Waals surface area contributed by atoms with Crippen molar-refractivity contribution in [3.63, 3.8) is 0 Å². The fourth-order valence-electron chi connectivity index (χ4n) is 2.87. The highest BCUT2D eigenvalue weighted by molar-refractivity contribution is 6.30. The van der Waals surface area contributed by atoms with Crippen LogP contribution in [0.15, 0.2) is 53.5 Å². The molecule has 132 valence electrons. The van der Waals surface area contributed by atoms with Crippen molar-refractivity contribution < 1.29 is 9.84 Å². The fraction of sp³-hybridized carbons (Fsp3) is 0.316. The number of aliphatic hydroxyl groups is 1. The molecule has 0 aromatic heterocycles. The third-order valence-corrected chi connectivity index (χ3v) is 4.52. The van der Waals surface area contributed by atoms with Crippen LogP contribution < -0.4 is 15.8 Å². The fourth-order valence-corrected chi connectivity index (χ4v) is 3.06. The number of nitrogens with two attached hydrogens (primary N) is 1. The SMILES string of the molecule is CC(O)(CN=C(N)NC1CCOc2ccccc21)c1cccc(Cl)c1. The predicted molar refractivity (Wildman–Crippen MR) is 99.9 cm³/mol. The van der Waals surface area contributed by atoms with Crippen LogP contribution in [0.1, 0.15) is 30.5 Å². The summed E-state index contributed by atoms with van der Waals surface area (Å²) in [5, 5.41) is 14.5. The molecule has 3 rings (SSSR count). The Labute approximate surface area is 152 Å². The van der Waals surface area contributed by atoms with E-state index in [-0.39, 0.29) is 12.6 Å². The summed E-state index contributed by atoms with van der Waals surface area (Å²) in [6, 6.07) is 15.0. The molecule has 5 nitrogen and oxygen atoms in total. The van der Waals surface area contributed by atoms with Gasteiger partial charge in [0.05, 0.1) is 19.2 Å². The second-order valence-corrected chi connectivity index (χ2v) is 6.79. The first-order valence-corrected chi connectivity index (χ1v) is 8.60. The minimum atomic E-state index is -1.15. The number of halogens is 1. The smallest absolute Gasteiger partial charge is 0.189 e. The lowest BCUT2D eigenvalue weighted by Gasteiger charge is -2.27. The molecular formula is C19H22ClN3O2. The summed E-state index contributed by atoms with van der Waals surface area (Å²) in [5.74, 6) is 1.16. The summed E-state index contributed by atoms with van der Waals surface area (Å²) in [7, 11) is 0. The van der Waals surface area contributed by atoms with Crippen LogP contribution in [-0.2, 0) is 5.60 Å². The molecule has 0 aliphatic carbocycles. The molecular weight excluding hydrogens is 338 g/mol. The average Bonchev–Trinajstić information content (AvgIpc) is 2.60. The van der Waals surface area contributed by atoms with Crippen molar-refractivity contribution in [3.05, 3.63) is 64.7 Å². The Hall–Kier alpha value is -2.24. The van der Waals surface area contributed by atoms with Gasteiger partial charge in [-0.15, -0.1) is 0 Å². The highest BCUT2D eigenvalue weighted by atomic mass is 35.5. The third kappa shape index (κ3) is 4.24. The van der Waals surface area contributed by atoms with E-state index in [1.54, 1.807) is 25.1 Å². The molecule has 0 saturated carbocycles. The molecule has 0 spiro atoms. The lowest BCUT2D eigenvalue weighted by Crippen LogP contribution is -2.38. The number of ether oxygens (including phenoxy) is 1. The van der Waals surface area contributed by atoms with E-state index in [1.165, 1.54) is 0 Å². The lowest BCUT2D eigenvalue weighted by molar-refractivity contribution is 0.0673. The van der Waals surface area contributed by atoms with Crippen LogP contribution in [0, 0.1) is 0 Å². The number of nitrogens with one attached hydrogen (secondary N) is 1. The molecule has 1 heterocycles. The molecule has 0 fully saturated rings. The molecule has 2 atom stereocenters. The molecule has 25 heavy (non-hydrogen) atoms. The second kappa shape index (κ2) is 7.33. The van der Waals surface area contributed by atoms with Crippen molar-refractivity contribution >= 4 is 17.6 Å². The Morgan fingerprint density at radius 1 is 1.36 bits per heavy atom. The Balaban J connectivity index is 1.68. The van der Waals surface area contributed by atoms with Crippen molar-refractivity contribution in [3.8, 4) is 5.75 Å². The molecule has 4 N–H and O–H groups in total. The van der Waals surface area contributed by atoms with E-state index in [9.17, 15) is 5.11 Å². The van der Waals surface area contributed by atoms with Gasteiger partial charge < -0.3 is 20.9 Å². The zero-order chi connectivity index (χ0) is 17.9. The summed E-state index contributed by atoms with van der Waals surface area (Å²) < 4.78 is 5.65. The Morgan fingerprint density at radius 2 is 2.16 bits per heavy atom. The summed E-state index contributed by atoms with van der Waals surface area (Å²) in [6.07, 6.45) is 0.803. The summed E-state index contributed by atoms with van der Waals surface area (Å²) in [4.78, 5) is 4.32. The number of para-hydroxylation sites is 1. The van der Waals surface area contributed by atoms with Crippen molar-refractivity contribution in [2.45, 2.75) is 25.0 Å². The zero-order valence-electron chi connectivity index (χ0n) is 14.1. The summed E-state index contributed by atoms with van der Waals surface area (Å²) in [5.41, 5.74) is 6.65. The van der Waals surface area contributed by atoms with Crippen LogP contribution in [0.5, 0.6) is 5.75 Å². The van der Waals surface area contributed by atoms with Gasteiger partial charge >= 0.3 is 0 Å². The Kier molecular flexibility index (Phi) is 5.16. The van der Waals surface area contributed by atoms with E-state index in [0.717, 1.165) is 17.7 Å². The minimum Gasteiger partial charge on any atom is -0.493 e. The van der Waals surface area contributed by atoms with Gasteiger partial charge in [-0.2, -0.15) is 0 Å². The van der Waals surface area contributed by atoms with Crippen LogP contribution in [0.4, 0.5) is 0 Å². The van der Waals surface area contributed by atoms with Gasteiger partial charge in [0.15, 0.2) is 5.96 Å². The predicted octanol–water partition coefficient (Wildman–Crippen LogP) is 2.98. The minimum absolute atomic E-state index is 0.0461. The number of fused-ring (bicyclic) bond motifs is 1. The summed E-state index contributed by atoms with van der Waals surface area (Å²) in [6.45, 7) is 2.46. The quantitative estimate of drug-likeness (QED) is 0.579.